The lowest BCUT2D eigenvalue weighted by molar-refractivity contribution is -0.118. The summed E-state index contributed by atoms with van der Waals surface area (Å²) < 4.78 is 0. The van der Waals surface area contributed by atoms with Crippen LogP contribution in [-0.4, -0.2) is 17.0 Å². The average molecular weight is 234 g/mol. The summed E-state index contributed by atoms with van der Waals surface area (Å²) in [5, 5.41) is 10.2. The van der Waals surface area contributed by atoms with Crippen molar-refractivity contribution in [3.8, 4) is 0 Å². The molecule has 0 bridgehead atoms. The van der Waals surface area contributed by atoms with Crippen molar-refractivity contribution >= 4 is 5.78 Å². The first-order valence-electron chi connectivity index (χ1n) is 6.75. The molecule has 2 fully saturated rings. The van der Waals surface area contributed by atoms with Crippen LogP contribution in [0, 0.1) is 28.6 Å². The van der Waals surface area contributed by atoms with Crippen LogP contribution in [0.2, 0.25) is 0 Å². The molecular formula is C15H22O2. The van der Waals surface area contributed by atoms with Crippen molar-refractivity contribution < 1.29 is 9.90 Å². The molecule has 0 amide bonds. The zero-order valence-electron chi connectivity index (χ0n) is 11.2. The highest BCUT2D eigenvalue weighted by atomic mass is 16.3. The van der Waals surface area contributed by atoms with Crippen molar-refractivity contribution in [2.45, 2.75) is 46.6 Å². The molecule has 1 N–H and O–H groups in total. The van der Waals surface area contributed by atoms with Gasteiger partial charge in [0, 0.05) is 5.92 Å². The third-order valence-corrected chi connectivity index (χ3v) is 5.96. The maximum Gasteiger partial charge on any atom is 0.159 e. The summed E-state index contributed by atoms with van der Waals surface area (Å²) in [4.78, 5) is 12.1. The van der Waals surface area contributed by atoms with E-state index in [9.17, 15) is 9.90 Å². The minimum Gasteiger partial charge on any atom is -0.389 e. The van der Waals surface area contributed by atoms with E-state index in [0.29, 0.717) is 11.8 Å². The number of carbonyl (C=O) groups excluding carboxylic acids is 1. The van der Waals surface area contributed by atoms with E-state index in [2.05, 4.69) is 27.7 Å². The summed E-state index contributed by atoms with van der Waals surface area (Å²) in [6.45, 7) is 8.96. The van der Waals surface area contributed by atoms with Gasteiger partial charge in [-0.15, -0.1) is 0 Å². The second-order valence-corrected chi connectivity index (χ2v) is 7.06. The standard InChI is InChI=1S/C15H22O2/c1-8-5-6-10(16)9-7-11(17)12-13(14(12,2)3)15(8,9)4/h7-8,10,12-13,16H,5-6H2,1-4H3/t8-,10-,12-,13+,15+/m0/s1. The molecule has 17 heavy (non-hydrogen) atoms. The molecule has 94 valence electrons. The second kappa shape index (κ2) is 3.03. The maximum absolute atomic E-state index is 12.1. The fraction of sp³-hybridized carbons (Fsp3) is 0.800. The monoisotopic (exact) mass is 234 g/mol. The molecule has 0 spiro atoms. The molecule has 0 aromatic heterocycles. The quantitative estimate of drug-likeness (QED) is 0.699. The summed E-state index contributed by atoms with van der Waals surface area (Å²) >= 11 is 0. The van der Waals surface area contributed by atoms with Gasteiger partial charge >= 0.3 is 0 Å². The summed E-state index contributed by atoms with van der Waals surface area (Å²) in [5.41, 5.74) is 1.18. The predicted molar refractivity (Wildman–Crippen MR) is 66.4 cm³/mol. The second-order valence-electron chi connectivity index (χ2n) is 7.06. The molecule has 0 aromatic carbocycles. The zero-order chi connectivity index (χ0) is 12.6. The number of ketones is 1. The van der Waals surface area contributed by atoms with Crippen LogP contribution in [-0.2, 0) is 4.79 Å². The third-order valence-electron chi connectivity index (χ3n) is 5.96. The van der Waals surface area contributed by atoms with Crippen LogP contribution >= 0.6 is 0 Å². The smallest absolute Gasteiger partial charge is 0.159 e. The van der Waals surface area contributed by atoms with Crippen LogP contribution in [0.5, 0.6) is 0 Å². The number of rotatable bonds is 0. The van der Waals surface area contributed by atoms with Crippen molar-refractivity contribution in [2.75, 3.05) is 0 Å². The summed E-state index contributed by atoms with van der Waals surface area (Å²) in [6.07, 6.45) is 3.27. The number of allylic oxidation sites excluding steroid dienone is 1. The van der Waals surface area contributed by atoms with Crippen LogP contribution in [0.1, 0.15) is 40.5 Å². The Bertz CT molecular complexity index is 421. The SMILES string of the molecule is C[C@H]1CC[C@H](O)C2=CC(=O)[C@H]3[C@H](C3(C)C)[C@@]21C. The Kier molecular flexibility index (Phi) is 2.04. The Balaban J connectivity index is 2.12. The molecular weight excluding hydrogens is 212 g/mol. The third kappa shape index (κ3) is 1.17. The highest BCUT2D eigenvalue weighted by Crippen LogP contribution is 2.73. The van der Waals surface area contributed by atoms with Crippen molar-refractivity contribution in [1.82, 2.24) is 0 Å². The normalized spacial score (nSPS) is 51.4. The summed E-state index contributed by atoms with van der Waals surface area (Å²) in [7, 11) is 0. The number of aliphatic hydroxyl groups is 1. The minimum absolute atomic E-state index is 0.0414. The van der Waals surface area contributed by atoms with Crippen molar-refractivity contribution in [3.63, 3.8) is 0 Å². The molecule has 2 saturated carbocycles. The van der Waals surface area contributed by atoms with Gasteiger partial charge in [-0.1, -0.05) is 27.7 Å². The number of hydrogen-bond donors (Lipinski definition) is 1. The van der Waals surface area contributed by atoms with Gasteiger partial charge in [0.25, 0.3) is 0 Å². The van der Waals surface area contributed by atoms with E-state index in [1.54, 1.807) is 6.08 Å². The largest absolute Gasteiger partial charge is 0.389 e. The molecule has 2 nitrogen and oxygen atoms in total. The first-order chi connectivity index (χ1) is 7.81. The predicted octanol–water partition coefficient (Wildman–Crippen LogP) is 2.56. The van der Waals surface area contributed by atoms with Crippen LogP contribution in [0.25, 0.3) is 0 Å². The van der Waals surface area contributed by atoms with Gasteiger partial charge in [-0.2, -0.15) is 0 Å². The Hall–Kier alpha value is -0.630. The first kappa shape index (κ1) is 11.5. The average Bonchev–Trinajstić information content (AvgIpc) is 2.83. The lowest BCUT2D eigenvalue weighted by Gasteiger charge is -2.47. The molecule has 3 aliphatic carbocycles. The van der Waals surface area contributed by atoms with Gasteiger partial charge in [0.2, 0.25) is 0 Å². The molecule has 5 atom stereocenters. The van der Waals surface area contributed by atoms with E-state index in [-0.39, 0.29) is 22.5 Å². The molecule has 0 saturated heterocycles. The van der Waals surface area contributed by atoms with E-state index >= 15 is 0 Å². The van der Waals surface area contributed by atoms with Gasteiger partial charge in [0.1, 0.15) is 0 Å². The van der Waals surface area contributed by atoms with Gasteiger partial charge in [-0.25, -0.2) is 0 Å². The molecule has 3 aliphatic rings. The van der Waals surface area contributed by atoms with E-state index in [4.69, 9.17) is 0 Å². The Morgan fingerprint density at radius 3 is 2.59 bits per heavy atom. The molecule has 0 heterocycles. The van der Waals surface area contributed by atoms with Gasteiger partial charge in [-0.05, 0) is 47.2 Å². The molecule has 0 aliphatic heterocycles. The molecule has 0 unspecified atom stereocenters. The lowest BCUT2D eigenvalue weighted by atomic mass is 9.58. The minimum atomic E-state index is -0.391. The number of fused-ring (bicyclic) bond motifs is 3. The van der Waals surface area contributed by atoms with E-state index in [1.807, 2.05) is 0 Å². The van der Waals surface area contributed by atoms with Gasteiger partial charge in [0.05, 0.1) is 6.10 Å². The van der Waals surface area contributed by atoms with E-state index < -0.39 is 6.10 Å². The Morgan fingerprint density at radius 2 is 1.94 bits per heavy atom. The van der Waals surface area contributed by atoms with Crippen LogP contribution < -0.4 is 0 Å². The molecule has 0 aromatic rings. The first-order valence-corrected chi connectivity index (χ1v) is 6.75. The fourth-order valence-corrected chi connectivity index (χ4v) is 4.78. The van der Waals surface area contributed by atoms with Crippen molar-refractivity contribution in [3.05, 3.63) is 11.6 Å². The maximum atomic E-state index is 12.1. The molecule has 0 radical (unpaired) electrons. The number of aliphatic hydroxyl groups excluding tert-OH is 1. The van der Waals surface area contributed by atoms with Crippen LogP contribution in [0.4, 0.5) is 0 Å². The van der Waals surface area contributed by atoms with E-state index in [0.717, 1.165) is 18.4 Å². The summed E-state index contributed by atoms with van der Waals surface area (Å²) in [6, 6.07) is 0. The Morgan fingerprint density at radius 1 is 1.29 bits per heavy atom. The fourth-order valence-electron chi connectivity index (χ4n) is 4.78. The topological polar surface area (TPSA) is 37.3 Å². The van der Waals surface area contributed by atoms with Crippen molar-refractivity contribution in [1.29, 1.82) is 0 Å². The summed E-state index contributed by atoms with van der Waals surface area (Å²) in [5.74, 6) is 1.46. The van der Waals surface area contributed by atoms with Gasteiger partial charge < -0.3 is 5.11 Å². The lowest BCUT2D eigenvalue weighted by Crippen LogP contribution is -2.43. The molecule has 2 heteroatoms. The van der Waals surface area contributed by atoms with E-state index in [1.165, 1.54) is 0 Å². The van der Waals surface area contributed by atoms with Crippen molar-refractivity contribution in [2.24, 2.45) is 28.6 Å². The Labute approximate surface area is 103 Å². The highest BCUT2D eigenvalue weighted by molar-refractivity contribution is 5.97. The van der Waals surface area contributed by atoms with Crippen LogP contribution in [0.3, 0.4) is 0 Å². The number of carbonyl (C=O) groups is 1. The zero-order valence-corrected chi connectivity index (χ0v) is 11.2. The van der Waals surface area contributed by atoms with Crippen LogP contribution in [0.15, 0.2) is 11.6 Å². The molecule has 3 rings (SSSR count). The van der Waals surface area contributed by atoms with Gasteiger partial charge in [-0.3, -0.25) is 4.79 Å². The highest BCUT2D eigenvalue weighted by Gasteiger charge is 2.71. The van der Waals surface area contributed by atoms with Gasteiger partial charge in [0.15, 0.2) is 5.78 Å². The number of hydrogen-bond acceptors (Lipinski definition) is 2.